The minimum absolute atomic E-state index is 0.0405. The number of amides is 1. The summed E-state index contributed by atoms with van der Waals surface area (Å²) in [5, 5.41) is 13.4. The number of aliphatic hydroxyl groups is 1. The minimum Gasteiger partial charge on any atom is -0.393 e. The van der Waals surface area contributed by atoms with Crippen molar-refractivity contribution in [3.63, 3.8) is 0 Å². The highest BCUT2D eigenvalue weighted by Crippen LogP contribution is 2.17. The lowest BCUT2D eigenvalue weighted by Crippen LogP contribution is -2.35. The molecule has 1 aliphatic heterocycles. The second-order valence-corrected chi connectivity index (χ2v) is 8.73. The number of nitrogens with zero attached hydrogens (tertiary/aromatic N) is 3. The molecule has 0 radical (unpaired) electrons. The quantitative estimate of drug-likeness (QED) is 0.497. The Morgan fingerprint density at radius 1 is 1.13 bits per heavy atom. The van der Waals surface area contributed by atoms with E-state index >= 15 is 0 Å². The molecule has 2 N–H and O–H groups in total. The van der Waals surface area contributed by atoms with Gasteiger partial charge in [0.2, 0.25) is 5.91 Å². The number of carbonyl (C=O) groups is 1. The number of piperidine rings is 1. The largest absolute Gasteiger partial charge is 0.393 e. The van der Waals surface area contributed by atoms with Gasteiger partial charge in [-0.2, -0.15) is 0 Å². The van der Waals surface area contributed by atoms with Crippen LogP contribution in [0.25, 0.3) is 0 Å². The number of rotatable bonds is 8. The van der Waals surface area contributed by atoms with Crippen molar-refractivity contribution in [1.29, 1.82) is 0 Å². The molecule has 6 nitrogen and oxygen atoms in total. The second-order valence-electron chi connectivity index (χ2n) is 7.96. The van der Waals surface area contributed by atoms with E-state index in [1.165, 1.54) is 17.3 Å². The van der Waals surface area contributed by atoms with Crippen LogP contribution < -0.4 is 5.32 Å². The number of aliphatic hydroxyl groups excluding tert-OH is 1. The van der Waals surface area contributed by atoms with Gasteiger partial charge in [0, 0.05) is 44.0 Å². The van der Waals surface area contributed by atoms with Gasteiger partial charge in [0.15, 0.2) is 5.16 Å². The van der Waals surface area contributed by atoms with Crippen LogP contribution in [0, 0.1) is 13.8 Å². The molecule has 1 saturated heterocycles. The summed E-state index contributed by atoms with van der Waals surface area (Å²) in [6.07, 6.45) is 4.63. The number of nitrogens with one attached hydrogen (secondary N) is 1. The maximum absolute atomic E-state index is 12.3. The molecule has 0 unspecified atom stereocenters. The standard InChI is InChI=1S/C23H32N4O2S/c1-16-21(17(2)26-23(25-16)30-3)8-9-22(29)24-14-18-4-6-19(7-5-18)15-27-12-10-20(28)11-13-27/h4-7,20,28H,8-15H2,1-3H3,(H,24,29). The molecule has 2 aromatic rings. The van der Waals surface area contributed by atoms with E-state index in [0.717, 1.165) is 60.1 Å². The zero-order chi connectivity index (χ0) is 21.5. The Balaban J connectivity index is 1.43. The van der Waals surface area contributed by atoms with Crippen LogP contribution in [0.15, 0.2) is 29.4 Å². The van der Waals surface area contributed by atoms with Crippen LogP contribution in [0.1, 0.15) is 47.3 Å². The summed E-state index contributed by atoms with van der Waals surface area (Å²) >= 11 is 1.53. The molecule has 0 atom stereocenters. The fourth-order valence-corrected chi connectivity index (χ4v) is 4.24. The van der Waals surface area contributed by atoms with Crippen LogP contribution in [0.2, 0.25) is 0 Å². The highest BCUT2D eigenvalue weighted by molar-refractivity contribution is 7.98. The zero-order valence-electron chi connectivity index (χ0n) is 18.1. The van der Waals surface area contributed by atoms with Crippen molar-refractivity contribution in [2.75, 3.05) is 19.3 Å². The number of aryl methyl sites for hydroxylation is 2. The number of aromatic nitrogens is 2. The number of hydrogen-bond acceptors (Lipinski definition) is 6. The van der Waals surface area contributed by atoms with Gasteiger partial charge in [0.1, 0.15) is 0 Å². The average molecular weight is 429 g/mol. The average Bonchev–Trinajstić information content (AvgIpc) is 2.74. The Morgan fingerprint density at radius 2 is 1.73 bits per heavy atom. The first-order valence-corrected chi connectivity index (χ1v) is 11.8. The van der Waals surface area contributed by atoms with Gasteiger partial charge in [-0.3, -0.25) is 9.69 Å². The fraction of sp³-hybridized carbons (Fsp3) is 0.522. The van der Waals surface area contributed by atoms with Crippen LogP contribution in [0.3, 0.4) is 0 Å². The summed E-state index contributed by atoms with van der Waals surface area (Å²) in [7, 11) is 0. The van der Waals surface area contributed by atoms with Crippen LogP contribution in [-0.4, -0.2) is 51.3 Å². The van der Waals surface area contributed by atoms with Gasteiger partial charge in [-0.15, -0.1) is 0 Å². The molecule has 0 saturated carbocycles. The number of benzene rings is 1. The third-order valence-electron chi connectivity index (χ3n) is 5.66. The molecular weight excluding hydrogens is 396 g/mol. The van der Waals surface area contributed by atoms with Gasteiger partial charge in [0.25, 0.3) is 0 Å². The molecule has 162 valence electrons. The Morgan fingerprint density at radius 3 is 2.33 bits per heavy atom. The molecular formula is C23H32N4O2S. The van der Waals surface area contributed by atoms with E-state index in [1.807, 2.05) is 20.1 Å². The number of likely N-dealkylation sites (tertiary alicyclic amines) is 1. The van der Waals surface area contributed by atoms with Crippen LogP contribution in [0.4, 0.5) is 0 Å². The van der Waals surface area contributed by atoms with Gasteiger partial charge in [-0.25, -0.2) is 9.97 Å². The van der Waals surface area contributed by atoms with E-state index in [-0.39, 0.29) is 12.0 Å². The number of carbonyl (C=O) groups excluding carboxylic acids is 1. The summed E-state index contributed by atoms with van der Waals surface area (Å²) in [6.45, 7) is 7.31. The van der Waals surface area contributed by atoms with Crippen molar-refractivity contribution in [2.24, 2.45) is 0 Å². The molecule has 2 heterocycles. The lowest BCUT2D eigenvalue weighted by molar-refractivity contribution is -0.121. The van der Waals surface area contributed by atoms with E-state index < -0.39 is 0 Å². The first kappa shape index (κ1) is 22.7. The van der Waals surface area contributed by atoms with Gasteiger partial charge >= 0.3 is 0 Å². The predicted octanol–water partition coefficient (Wildman–Crippen LogP) is 3.02. The van der Waals surface area contributed by atoms with E-state index in [0.29, 0.717) is 19.4 Å². The summed E-state index contributed by atoms with van der Waals surface area (Å²) in [6, 6.07) is 8.42. The van der Waals surface area contributed by atoms with Crippen molar-refractivity contribution in [1.82, 2.24) is 20.2 Å². The fourth-order valence-electron chi connectivity index (χ4n) is 3.79. The van der Waals surface area contributed by atoms with Crippen molar-refractivity contribution in [2.45, 2.75) is 63.9 Å². The molecule has 1 amide bonds. The molecule has 1 aromatic heterocycles. The lowest BCUT2D eigenvalue weighted by atomic mass is 10.1. The maximum atomic E-state index is 12.3. The smallest absolute Gasteiger partial charge is 0.220 e. The highest BCUT2D eigenvalue weighted by atomic mass is 32.2. The molecule has 1 aliphatic rings. The maximum Gasteiger partial charge on any atom is 0.220 e. The Labute approximate surface area is 183 Å². The SMILES string of the molecule is CSc1nc(C)c(CCC(=O)NCc2ccc(CN3CCC(O)CC3)cc2)c(C)n1. The Hall–Kier alpha value is -1.96. The Bertz CT molecular complexity index is 826. The lowest BCUT2D eigenvalue weighted by Gasteiger charge is -2.29. The number of hydrogen-bond donors (Lipinski definition) is 2. The van der Waals surface area contributed by atoms with Gasteiger partial charge in [0.05, 0.1) is 6.10 Å². The van der Waals surface area contributed by atoms with Gasteiger partial charge in [-0.1, -0.05) is 36.0 Å². The highest BCUT2D eigenvalue weighted by Gasteiger charge is 2.16. The van der Waals surface area contributed by atoms with Crippen LogP contribution >= 0.6 is 11.8 Å². The van der Waals surface area contributed by atoms with Gasteiger partial charge in [-0.05, 0) is 56.1 Å². The third kappa shape index (κ3) is 6.52. The second kappa shape index (κ2) is 10.9. The summed E-state index contributed by atoms with van der Waals surface area (Å²) in [5.41, 5.74) is 5.34. The summed E-state index contributed by atoms with van der Waals surface area (Å²) in [5.74, 6) is 0.0405. The van der Waals surface area contributed by atoms with E-state index in [9.17, 15) is 9.90 Å². The van der Waals surface area contributed by atoms with Gasteiger partial charge < -0.3 is 10.4 Å². The minimum atomic E-state index is -0.137. The Kier molecular flexibility index (Phi) is 8.24. The third-order valence-corrected chi connectivity index (χ3v) is 6.21. The van der Waals surface area contributed by atoms with Crippen LogP contribution in [0.5, 0.6) is 0 Å². The molecule has 0 aliphatic carbocycles. The zero-order valence-corrected chi connectivity index (χ0v) is 19.0. The summed E-state index contributed by atoms with van der Waals surface area (Å²) < 4.78 is 0. The first-order chi connectivity index (χ1) is 14.4. The topological polar surface area (TPSA) is 78.4 Å². The van der Waals surface area contributed by atoms with E-state index in [2.05, 4.69) is 44.5 Å². The predicted molar refractivity (Wildman–Crippen MR) is 120 cm³/mol. The van der Waals surface area contributed by atoms with Crippen molar-refractivity contribution in [3.05, 3.63) is 52.3 Å². The molecule has 30 heavy (non-hydrogen) atoms. The molecule has 0 spiro atoms. The normalized spacial score (nSPS) is 15.3. The molecule has 1 fully saturated rings. The molecule has 7 heteroatoms. The van der Waals surface area contributed by atoms with E-state index in [4.69, 9.17) is 0 Å². The number of thioether (sulfide) groups is 1. The molecule has 1 aromatic carbocycles. The van der Waals surface area contributed by atoms with Crippen molar-refractivity contribution < 1.29 is 9.90 Å². The monoisotopic (exact) mass is 428 g/mol. The molecule has 0 bridgehead atoms. The first-order valence-electron chi connectivity index (χ1n) is 10.6. The van der Waals surface area contributed by atoms with Crippen LogP contribution in [-0.2, 0) is 24.3 Å². The van der Waals surface area contributed by atoms with Crippen molar-refractivity contribution >= 4 is 17.7 Å². The van der Waals surface area contributed by atoms with Crippen molar-refractivity contribution in [3.8, 4) is 0 Å². The van der Waals surface area contributed by atoms with E-state index in [1.54, 1.807) is 0 Å². The molecule has 3 rings (SSSR count). The summed E-state index contributed by atoms with van der Waals surface area (Å²) in [4.78, 5) is 23.7.